The summed E-state index contributed by atoms with van der Waals surface area (Å²) in [6.45, 7) is 6.31. The van der Waals surface area contributed by atoms with Crippen LogP contribution in [-0.4, -0.2) is 31.1 Å². The van der Waals surface area contributed by atoms with Gasteiger partial charge in [0.25, 0.3) is 0 Å². The molecule has 2 nitrogen and oxygen atoms in total. The molecule has 0 aromatic carbocycles. The van der Waals surface area contributed by atoms with Crippen molar-refractivity contribution >= 4 is 0 Å². The topological polar surface area (TPSA) is 29.3 Å². The Bertz CT molecular complexity index is 228. The smallest absolute Gasteiger partial charge is 0.0599 e. The maximum Gasteiger partial charge on any atom is 0.0599 e. The molecule has 0 saturated heterocycles. The van der Waals surface area contributed by atoms with E-state index in [1.807, 2.05) is 0 Å². The Morgan fingerprint density at radius 3 is 2.71 bits per heavy atom. The van der Waals surface area contributed by atoms with E-state index >= 15 is 0 Å². The highest BCUT2D eigenvalue weighted by Gasteiger charge is 2.23. The molecular weight excluding hydrogens is 208 g/mol. The highest BCUT2D eigenvalue weighted by atomic mass is 15.1. The Morgan fingerprint density at radius 2 is 2.18 bits per heavy atom. The van der Waals surface area contributed by atoms with Gasteiger partial charge in [0.05, 0.1) is 6.54 Å². The fourth-order valence-corrected chi connectivity index (χ4v) is 2.42. The Hall–Kier alpha value is -0.520. The third-order valence-electron chi connectivity index (χ3n) is 3.77. The molecule has 0 amide bonds. The van der Waals surface area contributed by atoms with Crippen LogP contribution in [0.2, 0.25) is 0 Å². The summed E-state index contributed by atoms with van der Waals surface area (Å²) in [4.78, 5) is 2.45. The van der Waals surface area contributed by atoms with Gasteiger partial charge in [-0.25, -0.2) is 0 Å². The Balaban J connectivity index is 2.13. The van der Waals surface area contributed by atoms with E-state index in [9.17, 15) is 0 Å². The second-order valence-electron chi connectivity index (χ2n) is 5.38. The summed E-state index contributed by atoms with van der Waals surface area (Å²) in [5.41, 5.74) is 5.62. The van der Waals surface area contributed by atoms with Crippen molar-refractivity contribution in [3.05, 3.63) is 0 Å². The van der Waals surface area contributed by atoms with Gasteiger partial charge in [0.1, 0.15) is 0 Å². The second-order valence-corrected chi connectivity index (χ2v) is 5.38. The first-order valence-corrected chi connectivity index (χ1v) is 7.16. The molecule has 0 spiro atoms. The molecule has 0 aromatic rings. The zero-order valence-electron chi connectivity index (χ0n) is 11.3. The molecule has 2 heteroatoms. The molecule has 0 bridgehead atoms. The molecule has 1 saturated carbocycles. The monoisotopic (exact) mass is 236 g/mol. The first-order chi connectivity index (χ1) is 8.30. The summed E-state index contributed by atoms with van der Waals surface area (Å²) in [6, 6.07) is 0. The van der Waals surface area contributed by atoms with E-state index in [1.54, 1.807) is 0 Å². The lowest BCUT2D eigenvalue weighted by atomic mass is 9.96. The van der Waals surface area contributed by atoms with Gasteiger partial charge >= 0.3 is 0 Å². The van der Waals surface area contributed by atoms with E-state index in [0.717, 1.165) is 24.9 Å². The highest BCUT2D eigenvalue weighted by Crippen LogP contribution is 2.29. The quantitative estimate of drug-likeness (QED) is 0.591. The zero-order chi connectivity index (χ0) is 12.5. The van der Waals surface area contributed by atoms with Gasteiger partial charge in [-0.3, -0.25) is 4.90 Å². The third-order valence-corrected chi connectivity index (χ3v) is 3.77. The predicted octanol–water partition coefficient (Wildman–Crippen LogP) is 2.49. The van der Waals surface area contributed by atoms with Gasteiger partial charge in [-0.1, -0.05) is 19.3 Å². The van der Waals surface area contributed by atoms with Crippen molar-refractivity contribution in [2.24, 2.45) is 17.6 Å². The van der Waals surface area contributed by atoms with Gasteiger partial charge in [-0.15, -0.1) is 6.42 Å². The molecule has 1 fully saturated rings. The fraction of sp³-hybridized carbons (Fsp3) is 0.867. The van der Waals surface area contributed by atoms with Crippen LogP contribution in [0.3, 0.4) is 0 Å². The van der Waals surface area contributed by atoms with E-state index in [1.165, 1.54) is 51.6 Å². The molecule has 0 radical (unpaired) electrons. The summed E-state index contributed by atoms with van der Waals surface area (Å²) >= 11 is 0. The molecule has 1 rings (SSSR count). The van der Waals surface area contributed by atoms with Crippen molar-refractivity contribution < 1.29 is 0 Å². The van der Waals surface area contributed by atoms with Crippen molar-refractivity contribution in [1.29, 1.82) is 0 Å². The molecule has 1 aliphatic carbocycles. The number of hydrogen-bond acceptors (Lipinski definition) is 2. The van der Waals surface area contributed by atoms with E-state index in [0.29, 0.717) is 0 Å². The van der Waals surface area contributed by atoms with Crippen LogP contribution < -0.4 is 5.73 Å². The fourth-order valence-electron chi connectivity index (χ4n) is 2.42. The van der Waals surface area contributed by atoms with Crippen LogP contribution in [0.1, 0.15) is 45.4 Å². The molecule has 98 valence electrons. The molecule has 17 heavy (non-hydrogen) atoms. The molecule has 0 aromatic heterocycles. The number of hydrogen-bond donors (Lipinski definition) is 1. The SMILES string of the molecule is C#CCN(CCCC(CC)CCN)CC1CC1. The van der Waals surface area contributed by atoms with Gasteiger partial charge in [0.15, 0.2) is 0 Å². The maximum atomic E-state index is 5.62. The van der Waals surface area contributed by atoms with Crippen LogP contribution in [0.25, 0.3) is 0 Å². The highest BCUT2D eigenvalue weighted by molar-refractivity contribution is 4.90. The van der Waals surface area contributed by atoms with Crippen LogP contribution in [0.5, 0.6) is 0 Å². The van der Waals surface area contributed by atoms with Gasteiger partial charge in [-0.2, -0.15) is 0 Å². The number of rotatable bonds is 10. The first kappa shape index (κ1) is 14.5. The van der Waals surface area contributed by atoms with E-state index in [4.69, 9.17) is 12.2 Å². The standard InChI is InChI=1S/C15H28N2/c1-3-11-17(13-15-7-8-15)12-5-6-14(4-2)9-10-16/h1,14-15H,4-13,16H2,2H3. The van der Waals surface area contributed by atoms with Gasteiger partial charge < -0.3 is 5.73 Å². The normalized spacial score (nSPS) is 17.1. The minimum atomic E-state index is 0.814. The van der Waals surface area contributed by atoms with Crippen LogP contribution in [0.15, 0.2) is 0 Å². The van der Waals surface area contributed by atoms with Crippen molar-refractivity contribution in [3.63, 3.8) is 0 Å². The average molecular weight is 236 g/mol. The molecule has 2 N–H and O–H groups in total. The Morgan fingerprint density at radius 1 is 1.41 bits per heavy atom. The summed E-state index contributed by atoms with van der Waals surface area (Å²) in [5, 5.41) is 0. The summed E-state index contributed by atoms with van der Waals surface area (Å²) < 4.78 is 0. The average Bonchev–Trinajstić information content (AvgIpc) is 3.12. The predicted molar refractivity (Wildman–Crippen MR) is 74.7 cm³/mol. The van der Waals surface area contributed by atoms with Crippen LogP contribution in [0, 0.1) is 24.2 Å². The van der Waals surface area contributed by atoms with E-state index in [2.05, 4.69) is 17.7 Å². The van der Waals surface area contributed by atoms with Gasteiger partial charge in [0.2, 0.25) is 0 Å². The zero-order valence-corrected chi connectivity index (χ0v) is 11.3. The minimum absolute atomic E-state index is 0.814. The Kier molecular flexibility index (Phi) is 7.32. The lowest BCUT2D eigenvalue weighted by Gasteiger charge is -2.21. The summed E-state index contributed by atoms with van der Waals surface area (Å²) in [7, 11) is 0. The van der Waals surface area contributed by atoms with E-state index in [-0.39, 0.29) is 0 Å². The number of nitrogens with zero attached hydrogens (tertiary/aromatic N) is 1. The largest absolute Gasteiger partial charge is 0.330 e. The molecular formula is C15H28N2. The van der Waals surface area contributed by atoms with E-state index < -0.39 is 0 Å². The minimum Gasteiger partial charge on any atom is -0.330 e. The molecule has 1 unspecified atom stereocenters. The van der Waals surface area contributed by atoms with Crippen molar-refractivity contribution in [1.82, 2.24) is 4.90 Å². The van der Waals surface area contributed by atoms with Crippen molar-refractivity contribution in [2.75, 3.05) is 26.2 Å². The number of nitrogens with two attached hydrogens (primary N) is 1. The van der Waals surface area contributed by atoms with Gasteiger partial charge in [0, 0.05) is 6.54 Å². The summed E-state index contributed by atoms with van der Waals surface area (Å²) in [6.07, 6.45) is 13.2. The lowest BCUT2D eigenvalue weighted by Crippen LogP contribution is -2.28. The van der Waals surface area contributed by atoms with Crippen molar-refractivity contribution in [3.8, 4) is 12.3 Å². The van der Waals surface area contributed by atoms with Crippen LogP contribution in [-0.2, 0) is 0 Å². The maximum absolute atomic E-state index is 5.62. The summed E-state index contributed by atoms with van der Waals surface area (Å²) in [5.74, 6) is 4.54. The Labute approximate surface area is 107 Å². The molecule has 0 heterocycles. The van der Waals surface area contributed by atoms with Crippen molar-refractivity contribution in [2.45, 2.75) is 45.4 Å². The molecule has 1 atom stereocenters. The lowest BCUT2D eigenvalue weighted by molar-refractivity contribution is 0.275. The van der Waals surface area contributed by atoms with Gasteiger partial charge in [-0.05, 0) is 57.0 Å². The van der Waals surface area contributed by atoms with Crippen LogP contribution in [0.4, 0.5) is 0 Å². The first-order valence-electron chi connectivity index (χ1n) is 7.16. The molecule has 0 aliphatic heterocycles. The molecule has 1 aliphatic rings. The third kappa shape index (κ3) is 6.71. The van der Waals surface area contributed by atoms with Crippen LogP contribution >= 0.6 is 0 Å². The number of terminal acetylenes is 1. The second kappa shape index (κ2) is 8.55.